The van der Waals surface area contributed by atoms with E-state index in [0.29, 0.717) is 41.3 Å². The van der Waals surface area contributed by atoms with Crippen LogP contribution in [0.5, 0.6) is 0 Å². The number of carbonyl (C=O) groups excluding carboxylic acids is 2. The van der Waals surface area contributed by atoms with Crippen LogP contribution in [0.15, 0.2) is 36.5 Å². The maximum absolute atomic E-state index is 12.7. The van der Waals surface area contributed by atoms with E-state index < -0.39 is 29.6 Å². The normalized spacial score (nSPS) is 13.6. The van der Waals surface area contributed by atoms with E-state index in [9.17, 15) is 19.8 Å². The van der Waals surface area contributed by atoms with Gasteiger partial charge in [-0.1, -0.05) is 68.9 Å². The Morgan fingerprint density at radius 2 is 1.79 bits per heavy atom. The second kappa shape index (κ2) is 10.5. The molecule has 0 radical (unpaired) electrons. The second-order valence-corrected chi connectivity index (χ2v) is 7.95. The first-order valence-electron chi connectivity index (χ1n) is 9.87. The molecule has 0 bridgehead atoms. The Kier molecular flexibility index (Phi) is 8.31. The zero-order valence-electron chi connectivity index (χ0n) is 17.0. The summed E-state index contributed by atoms with van der Waals surface area (Å²) in [6.07, 6.45) is 2.41. The van der Waals surface area contributed by atoms with Gasteiger partial charge in [0.2, 0.25) is 5.91 Å². The lowest BCUT2D eigenvalue weighted by Crippen LogP contribution is -2.45. The highest BCUT2D eigenvalue weighted by Gasteiger charge is 2.29. The molecule has 158 valence electrons. The van der Waals surface area contributed by atoms with Gasteiger partial charge in [0, 0.05) is 6.20 Å². The molecule has 0 fully saturated rings. The lowest BCUT2D eigenvalue weighted by molar-refractivity contribution is -0.133. The van der Waals surface area contributed by atoms with E-state index in [1.54, 1.807) is 36.5 Å². The van der Waals surface area contributed by atoms with Crippen molar-refractivity contribution in [2.24, 2.45) is 0 Å². The van der Waals surface area contributed by atoms with Crippen molar-refractivity contribution < 1.29 is 19.8 Å². The van der Waals surface area contributed by atoms with E-state index in [1.165, 1.54) is 11.3 Å². The molecule has 1 aromatic heterocycles. The summed E-state index contributed by atoms with van der Waals surface area (Å²) in [4.78, 5) is 30.0. The Labute approximate surface area is 175 Å². The summed E-state index contributed by atoms with van der Waals surface area (Å²) in [6.45, 7) is 5.70. The van der Waals surface area contributed by atoms with E-state index in [0.717, 1.165) is 0 Å². The molecule has 0 saturated carbocycles. The van der Waals surface area contributed by atoms with Gasteiger partial charge in [-0.15, -0.1) is 0 Å². The van der Waals surface area contributed by atoms with E-state index in [4.69, 9.17) is 0 Å². The number of nitrogens with one attached hydrogen (secondary N) is 2. The number of rotatable bonds is 10. The molecule has 7 nitrogen and oxygen atoms in total. The van der Waals surface area contributed by atoms with E-state index in [2.05, 4.69) is 15.6 Å². The molecule has 4 N–H and O–H groups in total. The van der Waals surface area contributed by atoms with Crippen LogP contribution in [0.2, 0.25) is 0 Å². The largest absolute Gasteiger partial charge is 0.384 e. The van der Waals surface area contributed by atoms with Crippen LogP contribution >= 0.6 is 11.3 Å². The third-order valence-electron chi connectivity index (χ3n) is 4.94. The molecule has 0 aliphatic heterocycles. The van der Waals surface area contributed by atoms with E-state index in [-0.39, 0.29) is 0 Å². The first-order valence-corrected chi connectivity index (χ1v) is 10.7. The van der Waals surface area contributed by atoms with Crippen molar-refractivity contribution in [3.05, 3.63) is 47.0 Å². The van der Waals surface area contributed by atoms with Crippen LogP contribution < -0.4 is 10.6 Å². The standard InChI is InChI=1S/C21H29N3O4S/c1-4-10-15(23-19(27)17(25)14-11-8-7-9-12-14)18(26)24-20-22-13-16(29-20)21(28,5-2)6-3/h7-9,11-13,15,17,25,28H,4-6,10H2,1-3H3,(H,23,27)(H,22,24,26)/t15-,17-/m0/s1. The van der Waals surface area contributed by atoms with Crippen molar-refractivity contribution in [1.29, 1.82) is 0 Å². The minimum atomic E-state index is -1.35. The average Bonchev–Trinajstić information content (AvgIpc) is 3.21. The predicted octanol–water partition coefficient (Wildman–Crippen LogP) is 3.11. The number of hydrogen-bond donors (Lipinski definition) is 4. The van der Waals surface area contributed by atoms with Gasteiger partial charge in [-0.3, -0.25) is 9.59 Å². The zero-order chi connectivity index (χ0) is 21.4. The molecular formula is C21H29N3O4S. The van der Waals surface area contributed by atoms with Crippen LogP contribution in [0, 0.1) is 0 Å². The number of nitrogens with zero attached hydrogens (tertiary/aromatic N) is 1. The van der Waals surface area contributed by atoms with E-state index in [1.807, 2.05) is 20.8 Å². The van der Waals surface area contributed by atoms with Crippen molar-refractivity contribution >= 4 is 28.3 Å². The Hall–Kier alpha value is -2.29. The van der Waals surface area contributed by atoms with E-state index >= 15 is 0 Å². The van der Waals surface area contributed by atoms with Crippen LogP contribution in [0.25, 0.3) is 0 Å². The summed E-state index contributed by atoms with van der Waals surface area (Å²) in [6, 6.07) is 7.76. The fourth-order valence-electron chi connectivity index (χ4n) is 2.93. The number of hydrogen-bond acceptors (Lipinski definition) is 6. The number of thiazole rings is 1. The Morgan fingerprint density at radius 1 is 1.14 bits per heavy atom. The van der Waals surface area contributed by atoms with Gasteiger partial charge in [0.1, 0.15) is 6.04 Å². The third kappa shape index (κ3) is 5.85. The van der Waals surface area contributed by atoms with Crippen molar-refractivity contribution in [3.63, 3.8) is 0 Å². The van der Waals surface area contributed by atoms with Gasteiger partial charge in [0.25, 0.3) is 5.91 Å². The van der Waals surface area contributed by atoms with Gasteiger partial charge in [-0.05, 0) is 24.8 Å². The summed E-state index contributed by atoms with van der Waals surface area (Å²) >= 11 is 1.22. The molecule has 2 amide bonds. The van der Waals surface area contributed by atoms with Gasteiger partial charge in [0.15, 0.2) is 11.2 Å². The summed E-state index contributed by atoms with van der Waals surface area (Å²) in [5.74, 6) is -1.03. The minimum absolute atomic E-state index is 0.365. The first-order chi connectivity index (χ1) is 13.8. The number of anilines is 1. The molecule has 0 aliphatic carbocycles. The molecule has 0 spiro atoms. The van der Waals surface area contributed by atoms with Crippen LogP contribution in [-0.4, -0.2) is 33.1 Å². The van der Waals surface area contributed by atoms with Crippen molar-refractivity contribution in [2.75, 3.05) is 5.32 Å². The molecule has 1 heterocycles. The molecule has 0 saturated heterocycles. The SMILES string of the molecule is CCC[C@H](NC(=O)[C@@H](O)c1ccccc1)C(=O)Nc1ncc(C(O)(CC)CC)s1. The number of aromatic nitrogens is 1. The minimum Gasteiger partial charge on any atom is -0.384 e. The van der Waals surface area contributed by atoms with Crippen molar-refractivity contribution in [1.82, 2.24) is 10.3 Å². The number of amides is 2. The fraction of sp³-hybridized carbons (Fsp3) is 0.476. The van der Waals surface area contributed by atoms with Crippen LogP contribution in [0.4, 0.5) is 5.13 Å². The number of aliphatic hydroxyl groups is 2. The smallest absolute Gasteiger partial charge is 0.254 e. The highest BCUT2D eigenvalue weighted by Crippen LogP contribution is 2.34. The van der Waals surface area contributed by atoms with Gasteiger partial charge in [-0.25, -0.2) is 4.98 Å². The van der Waals surface area contributed by atoms with Crippen LogP contribution in [-0.2, 0) is 15.2 Å². The summed E-state index contributed by atoms with van der Waals surface area (Å²) < 4.78 is 0. The number of benzene rings is 1. The van der Waals surface area contributed by atoms with Crippen molar-refractivity contribution in [2.45, 2.75) is 64.2 Å². The third-order valence-corrected chi connectivity index (χ3v) is 6.04. The molecule has 2 aromatic rings. The van der Waals surface area contributed by atoms with Gasteiger partial charge < -0.3 is 20.8 Å². The predicted molar refractivity (Wildman–Crippen MR) is 113 cm³/mol. The monoisotopic (exact) mass is 419 g/mol. The van der Waals surface area contributed by atoms with Gasteiger partial charge >= 0.3 is 0 Å². The summed E-state index contributed by atoms with van der Waals surface area (Å²) in [7, 11) is 0. The van der Waals surface area contributed by atoms with Crippen LogP contribution in [0.3, 0.4) is 0 Å². The maximum atomic E-state index is 12.7. The van der Waals surface area contributed by atoms with Crippen LogP contribution in [0.1, 0.15) is 63.0 Å². The molecule has 2 rings (SSSR count). The highest BCUT2D eigenvalue weighted by atomic mass is 32.1. The second-order valence-electron chi connectivity index (χ2n) is 6.92. The Morgan fingerprint density at radius 3 is 2.38 bits per heavy atom. The van der Waals surface area contributed by atoms with Gasteiger partial charge in [0.05, 0.1) is 10.5 Å². The molecular weight excluding hydrogens is 390 g/mol. The fourth-order valence-corrected chi connectivity index (χ4v) is 3.98. The lowest BCUT2D eigenvalue weighted by atomic mass is 9.96. The maximum Gasteiger partial charge on any atom is 0.254 e. The first kappa shape index (κ1) is 23.0. The summed E-state index contributed by atoms with van der Waals surface area (Å²) in [5.41, 5.74) is -0.499. The molecule has 2 atom stereocenters. The number of carbonyl (C=O) groups is 2. The molecule has 8 heteroatoms. The number of aliphatic hydroxyl groups excluding tert-OH is 1. The zero-order valence-corrected chi connectivity index (χ0v) is 17.8. The Bertz CT molecular complexity index is 805. The topological polar surface area (TPSA) is 112 Å². The summed E-state index contributed by atoms with van der Waals surface area (Å²) in [5, 5.41) is 26.5. The lowest BCUT2D eigenvalue weighted by Gasteiger charge is -2.22. The quantitative estimate of drug-likeness (QED) is 0.473. The molecule has 29 heavy (non-hydrogen) atoms. The molecule has 1 aromatic carbocycles. The van der Waals surface area contributed by atoms with Crippen molar-refractivity contribution in [3.8, 4) is 0 Å². The molecule has 0 unspecified atom stereocenters. The molecule has 0 aliphatic rings. The Balaban J connectivity index is 2.06. The average molecular weight is 420 g/mol. The highest BCUT2D eigenvalue weighted by molar-refractivity contribution is 7.15. The van der Waals surface area contributed by atoms with Gasteiger partial charge in [-0.2, -0.15) is 0 Å².